The second-order valence-electron chi connectivity index (χ2n) is 7.14. The van der Waals surface area contributed by atoms with E-state index in [9.17, 15) is 14.8 Å². The van der Waals surface area contributed by atoms with Crippen molar-refractivity contribution < 1.29 is 19.0 Å². The Hall–Kier alpha value is -2.58. The SMILES string of the molecule is CC(C)(O)CCOc1cc(Oc2ccc(F)c3c2CCC3)ccc1C#N. The molecule has 0 fully saturated rings. The highest BCUT2D eigenvalue weighted by molar-refractivity contribution is 5.50. The summed E-state index contributed by atoms with van der Waals surface area (Å²) < 4.78 is 25.5. The molecule has 2 aromatic rings. The minimum atomic E-state index is -0.838. The molecular formula is C21H22FNO3. The van der Waals surface area contributed by atoms with Crippen LogP contribution in [0.4, 0.5) is 4.39 Å². The first-order valence-electron chi connectivity index (χ1n) is 8.75. The number of rotatable bonds is 6. The van der Waals surface area contributed by atoms with E-state index in [1.165, 1.54) is 6.07 Å². The Labute approximate surface area is 152 Å². The standard InChI is InChI=1S/C21H22FNO3/c1-21(2,24)10-11-25-20-12-15(7-6-14(20)13-23)26-19-9-8-18(22)16-4-3-5-17(16)19/h6-9,12,24H,3-5,10-11H2,1-2H3. The zero-order valence-electron chi connectivity index (χ0n) is 15.0. The fraction of sp³-hybridized carbons (Fsp3) is 0.381. The van der Waals surface area contributed by atoms with Crippen LogP contribution in [-0.2, 0) is 12.8 Å². The Morgan fingerprint density at radius 1 is 1.15 bits per heavy atom. The molecule has 0 saturated carbocycles. The van der Waals surface area contributed by atoms with E-state index in [1.54, 1.807) is 38.1 Å². The number of nitrogens with zero attached hydrogens (tertiary/aromatic N) is 1. The maximum absolute atomic E-state index is 13.9. The van der Waals surface area contributed by atoms with Gasteiger partial charge in [0.1, 0.15) is 29.1 Å². The second kappa shape index (κ2) is 7.35. The largest absolute Gasteiger partial charge is 0.492 e. The molecule has 0 spiro atoms. The van der Waals surface area contributed by atoms with Gasteiger partial charge in [-0.1, -0.05) is 0 Å². The van der Waals surface area contributed by atoms with Crippen LogP contribution in [0.25, 0.3) is 0 Å². The number of hydrogen-bond donors (Lipinski definition) is 1. The van der Waals surface area contributed by atoms with Gasteiger partial charge in [0.15, 0.2) is 0 Å². The van der Waals surface area contributed by atoms with Crippen molar-refractivity contribution in [2.24, 2.45) is 0 Å². The highest BCUT2D eigenvalue weighted by atomic mass is 19.1. The van der Waals surface area contributed by atoms with E-state index in [1.807, 2.05) is 0 Å². The van der Waals surface area contributed by atoms with Gasteiger partial charge in [-0.3, -0.25) is 0 Å². The van der Waals surface area contributed by atoms with Crippen LogP contribution in [0, 0.1) is 17.1 Å². The highest BCUT2D eigenvalue weighted by Gasteiger charge is 2.20. The van der Waals surface area contributed by atoms with Crippen LogP contribution in [0.15, 0.2) is 30.3 Å². The maximum atomic E-state index is 13.9. The zero-order valence-corrected chi connectivity index (χ0v) is 15.0. The molecule has 0 amide bonds. The first kappa shape index (κ1) is 18.2. The van der Waals surface area contributed by atoms with Crippen molar-refractivity contribution in [3.63, 3.8) is 0 Å². The second-order valence-corrected chi connectivity index (χ2v) is 7.14. The summed E-state index contributed by atoms with van der Waals surface area (Å²) in [6.07, 6.45) is 2.89. The summed E-state index contributed by atoms with van der Waals surface area (Å²) in [5, 5.41) is 19.0. The summed E-state index contributed by atoms with van der Waals surface area (Å²) in [6, 6.07) is 10.2. The van der Waals surface area contributed by atoms with Crippen LogP contribution in [0.1, 0.15) is 43.4 Å². The average Bonchev–Trinajstić information content (AvgIpc) is 3.07. The van der Waals surface area contributed by atoms with E-state index in [0.29, 0.717) is 29.2 Å². The molecule has 0 atom stereocenters. The summed E-state index contributed by atoms with van der Waals surface area (Å²) in [6.45, 7) is 3.69. The molecule has 0 bridgehead atoms. The summed E-state index contributed by atoms with van der Waals surface area (Å²) >= 11 is 0. The molecule has 136 valence electrons. The van der Waals surface area contributed by atoms with Gasteiger partial charge in [-0.05, 0) is 62.9 Å². The van der Waals surface area contributed by atoms with Crippen LogP contribution in [0.2, 0.25) is 0 Å². The fourth-order valence-electron chi connectivity index (χ4n) is 3.04. The molecule has 0 radical (unpaired) electrons. The van der Waals surface area contributed by atoms with Crippen molar-refractivity contribution in [3.05, 3.63) is 52.8 Å². The average molecular weight is 355 g/mol. The van der Waals surface area contributed by atoms with E-state index in [-0.39, 0.29) is 12.4 Å². The number of nitriles is 1. The predicted octanol–water partition coefficient (Wildman–Crippen LogP) is 4.52. The van der Waals surface area contributed by atoms with E-state index in [4.69, 9.17) is 9.47 Å². The molecule has 0 saturated heterocycles. The molecule has 0 aliphatic heterocycles. The van der Waals surface area contributed by atoms with Gasteiger partial charge in [-0.25, -0.2) is 4.39 Å². The van der Waals surface area contributed by atoms with Crippen molar-refractivity contribution in [1.82, 2.24) is 0 Å². The van der Waals surface area contributed by atoms with Crippen molar-refractivity contribution in [1.29, 1.82) is 5.26 Å². The fourth-order valence-corrected chi connectivity index (χ4v) is 3.04. The van der Waals surface area contributed by atoms with Crippen molar-refractivity contribution in [2.75, 3.05) is 6.61 Å². The molecule has 26 heavy (non-hydrogen) atoms. The lowest BCUT2D eigenvalue weighted by molar-refractivity contribution is 0.0553. The van der Waals surface area contributed by atoms with Gasteiger partial charge in [0.05, 0.1) is 17.8 Å². The quantitative estimate of drug-likeness (QED) is 0.828. The van der Waals surface area contributed by atoms with Crippen LogP contribution >= 0.6 is 0 Å². The first-order chi connectivity index (χ1) is 12.4. The zero-order chi connectivity index (χ0) is 18.7. The summed E-state index contributed by atoms with van der Waals surface area (Å²) in [5.74, 6) is 1.40. The van der Waals surface area contributed by atoms with Crippen LogP contribution in [0.3, 0.4) is 0 Å². The van der Waals surface area contributed by atoms with Crippen LogP contribution in [0.5, 0.6) is 17.2 Å². The molecule has 2 aromatic carbocycles. The Morgan fingerprint density at radius 2 is 1.92 bits per heavy atom. The number of aliphatic hydroxyl groups is 1. The maximum Gasteiger partial charge on any atom is 0.140 e. The van der Waals surface area contributed by atoms with Gasteiger partial charge in [-0.2, -0.15) is 5.26 Å². The van der Waals surface area contributed by atoms with Crippen molar-refractivity contribution in [3.8, 4) is 23.3 Å². The van der Waals surface area contributed by atoms with E-state index < -0.39 is 5.60 Å². The normalized spacial score (nSPS) is 13.2. The van der Waals surface area contributed by atoms with Crippen LogP contribution < -0.4 is 9.47 Å². The Morgan fingerprint density at radius 3 is 2.65 bits per heavy atom. The summed E-state index contributed by atoms with van der Waals surface area (Å²) in [7, 11) is 0. The third kappa shape index (κ3) is 4.14. The minimum Gasteiger partial charge on any atom is -0.492 e. The molecule has 0 heterocycles. The predicted molar refractivity (Wildman–Crippen MR) is 96.1 cm³/mol. The van der Waals surface area contributed by atoms with Crippen molar-refractivity contribution >= 4 is 0 Å². The van der Waals surface area contributed by atoms with E-state index in [2.05, 4.69) is 6.07 Å². The molecule has 1 aliphatic rings. The molecule has 0 aromatic heterocycles. The Kier molecular flexibility index (Phi) is 5.15. The van der Waals surface area contributed by atoms with E-state index >= 15 is 0 Å². The molecule has 4 nitrogen and oxygen atoms in total. The Bertz CT molecular complexity index is 850. The minimum absolute atomic E-state index is 0.180. The lowest BCUT2D eigenvalue weighted by atomic mass is 10.1. The van der Waals surface area contributed by atoms with Gasteiger partial charge >= 0.3 is 0 Å². The summed E-state index contributed by atoms with van der Waals surface area (Å²) in [5.41, 5.74) is 1.21. The van der Waals surface area contributed by atoms with Gasteiger partial charge in [0, 0.05) is 18.1 Å². The number of fused-ring (bicyclic) bond motifs is 1. The highest BCUT2D eigenvalue weighted by Crippen LogP contribution is 2.36. The number of hydrogen-bond acceptors (Lipinski definition) is 4. The molecule has 1 N–H and O–H groups in total. The molecule has 5 heteroatoms. The Balaban J connectivity index is 1.80. The third-order valence-electron chi connectivity index (χ3n) is 4.46. The van der Waals surface area contributed by atoms with Gasteiger partial charge < -0.3 is 14.6 Å². The van der Waals surface area contributed by atoms with E-state index in [0.717, 1.165) is 30.4 Å². The number of ether oxygens (including phenoxy) is 2. The summed E-state index contributed by atoms with van der Waals surface area (Å²) in [4.78, 5) is 0. The van der Waals surface area contributed by atoms with Gasteiger partial charge in [0.25, 0.3) is 0 Å². The molecule has 0 unspecified atom stereocenters. The smallest absolute Gasteiger partial charge is 0.140 e. The first-order valence-corrected chi connectivity index (χ1v) is 8.75. The number of halogens is 1. The molecular weight excluding hydrogens is 333 g/mol. The third-order valence-corrected chi connectivity index (χ3v) is 4.46. The van der Waals surface area contributed by atoms with Gasteiger partial charge in [0.2, 0.25) is 0 Å². The van der Waals surface area contributed by atoms with Gasteiger partial charge in [-0.15, -0.1) is 0 Å². The van der Waals surface area contributed by atoms with Crippen molar-refractivity contribution in [2.45, 2.75) is 45.1 Å². The van der Waals surface area contributed by atoms with Crippen LogP contribution in [-0.4, -0.2) is 17.3 Å². The topological polar surface area (TPSA) is 62.5 Å². The lowest BCUT2D eigenvalue weighted by Crippen LogP contribution is -2.21. The molecule has 3 rings (SSSR count). The molecule has 1 aliphatic carbocycles. The lowest BCUT2D eigenvalue weighted by Gasteiger charge is -2.18. The monoisotopic (exact) mass is 355 g/mol. The number of benzene rings is 2.